The number of esters is 1. The Bertz CT molecular complexity index is 2090. The Morgan fingerprint density at radius 1 is 0.755 bits per heavy atom. The molecule has 4 aromatic carbocycles. The van der Waals surface area contributed by atoms with Gasteiger partial charge in [-0.25, -0.2) is 14.8 Å². The molecule has 1 aliphatic rings. The molecule has 0 radical (unpaired) electrons. The van der Waals surface area contributed by atoms with Gasteiger partial charge in [0, 0.05) is 22.4 Å². The molecule has 0 saturated carbocycles. The average Bonchev–Trinajstić information content (AvgIpc) is 3.80. The van der Waals surface area contributed by atoms with E-state index in [1.807, 2.05) is 72.8 Å². The highest BCUT2D eigenvalue weighted by Crippen LogP contribution is 2.41. The number of rotatable bonds is 16. The van der Waals surface area contributed by atoms with Crippen molar-refractivity contribution in [3.63, 3.8) is 0 Å². The van der Waals surface area contributed by atoms with Crippen LogP contribution in [0.25, 0.3) is 28.0 Å². The minimum atomic E-state index is -2.93. The van der Waals surface area contributed by atoms with Crippen molar-refractivity contribution in [3.8, 4) is 39.6 Å². The fourth-order valence-corrected chi connectivity index (χ4v) is 5.97. The lowest BCUT2D eigenvalue weighted by Crippen LogP contribution is -2.14. The lowest BCUT2D eigenvalue weighted by atomic mass is 10.0. The van der Waals surface area contributed by atoms with Crippen molar-refractivity contribution < 1.29 is 32.4 Å². The topological polar surface area (TPSA) is 83.6 Å². The molecule has 0 aliphatic carbocycles. The van der Waals surface area contributed by atoms with Crippen LogP contribution in [0.3, 0.4) is 0 Å². The van der Waals surface area contributed by atoms with E-state index in [0.717, 1.165) is 41.3 Å². The number of aromatic nitrogens is 1. The molecule has 8 nitrogen and oxygen atoms in total. The van der Waals surface area contributed by atoms with Crippen molar-refractivity contribution >= 4 is 36.3 Å². The highest BCUT2D eigenvalue weighted by atomic mass is 19.2. The average molecular weight is 716 g/mol. The number of halogens is 2. The summed E-state index contributed by atoms with van der Waals surface area (Å²) in [5.41, 5.74) is 4.91. The molecule has 53 heavy (non-hydrogen) atoms. The first-order chi connectivity index (χ1) is 25.9. The third-order valence-corrected chi connectivity index (χ3v) is 8.80. The van der Waals surface area contributed by atoms with E-state index in [9.17, 15) is 4.79 Å². The largest absolute Gasteiger partial charge is 0.679 e. The fourth-order valence-electron chi connectivity index (χ4n) is 5.97. The Morgan fingerprint density at radius 2 is 1.40 bits per heavy atom. The lowest BCUT2D eigenvalue weighted by Gasteiger charge is -2.12. The van der Waals surface area contributed by atoms with E-state index in [1.165, 1.54) is 7.11 Å². The quantitative estimate of drug-likeness (QED) is 0.0577. The normalized spacial score (nSPS) is 13.0. The third-order valence-electron chi connectivity index (χ3n) is 8.80. The minimum absolute atomic E-state index is 0.0495. The van der Waals surface area contributed by atoms with Gasteiger partial charge in [-0.3, -0.25) is 8.63 Å². The van der Waals surface area contributed by atoms with Gasteiger partial charge in [-0.1, -0.05) is 80.8 Å². The van der Waals surface area contributed by atoms with Gasteiger partial charge in [0.25, 0.3) is 0 Å². The van der Waals surface area contributed by atoms with Gasteiger partial charge < -0.3 is 23.4 Å². The molecule has 5 aromatic rings. The van der Waals surface area contributed by atoms with Crippen LogP contribution in [0.5, 0.6) is 17.2 Å². The van der Waals surface area contributed by atoms with Gasteiger partial charge in [0.15, 0.2) is 12.4 Å². The molecule has 0 amide bonds. The zero-order valence-corrected chi connectivity index (χ0v) is 29.9. The molecule has 0 N–H and O–H groups in total. The number of amidine groups is 1. The second-order valence-electron chi connectivity index (χ2n) is 12.3. The molecule has 0 fully saturated rings. The molecule has 0 saturated heterocycles. The smallest absolute Gasteiger partial charge is 0.497 e. The molecule has 0 atom stereocenters. The summed E-state index contributed by atoms with van der Waals surface area (Å²) in [5, 5.41) is 0. The predicted molar refractivity (Wildman–Crippen MR) is 207 cm³/mol. The standard InChI is InChI=1S/C42H40BF2N3O5/c1-4-5-6-10-25-52-34-23-17-32(18-24-34)39-27-37(30-13-19-33(50-2)20-14-30)42(48(39)43(44)45)47-41-36(26-38(46-41)31-11-8-7-9-12-31)29-15-21-35(22-16-29)53-28-40(49)51-3/h7-9,11-24,26-27H,4-6,10,25,28H2,1-3H3/b47-41-. The van der Waals surface area contributed by atoms with E-state index in [1.54, 1.807) is 49.6 Å². The Hall–Kier alpha value is -5.97. The number of carbonyl (C=O) groups excluding carboxylic acids is 1. The number of allylic oxidation sites excluding steroid dienone is 1. The fraction of sp³-hybridized carbons (Fsp3) is 0.214. The number of carbonyl (C=O) groups is 1. The predicted octanol–water partition coefficient (Wildman–Crippen LogP) is 9.73. The van der Waals surface area contributed by atoms with Crippen LogP contribution in [-0.4, -0.2) is 56.8 Å². The number of benzene rings is 4. The summed E-state index contributed by atoms with van der Waals surface area (Å²) in [5.74, 6) is 1.60. The van der Waals surface area contributed by atoms with E-state index in [-0.39, 0.29) is 18.3 Å². The van der Waals surface area contributed by atoms with Crippen LogP contribution in [-0.2, 0) is 9.53 Å². The SMILES string of the molecule is CCCCCCOc1ccc(-c2cc(-c3ccc(OC)cc3)c(/N=C3\N=C(c4ccccc4)C=C3c3ccc(OCC(=O)OC)cc3)n2B(F)F)cc1. The molecule has 0 spiro atoms. The zero-order chi connectivity index (χ0) is 37.2. The highest BCUT2D eigenvalue weighted by Gasteiger charge is 2.30. The van der Waals surface area contributed by atoms with E-state index >= 15 is 8.63 Å². The summed E-state index contributed by atoms with van der Waals surface area (Å²) in [6.07, 6.45) is 6.25. The highest BCUT2D eigenvalue weighted by molar-refractivity contribution is 6.43. The van der Waals surface area contributed by atoms with E-state index in [2.05, 4.69) is 11.7 Å². The molecule has 0 bridgehead atoms. The minimum Gasteiger partial charge on any atom is -0.497 e. The van der Waals surface area contributed by atoms with Gasteiger partial charge in [0.2, 0.25) is 0 Å². The monoisotopic (exact) mass is 715 g/mol. The van der Waals surface area contributed by atoms with Gasteiger partial charge >= 0.3 is 13.4 Å². The maximum absolute atomic E-state index is 15.4. The molecular weight excluding hydrogens is 675 g/mol. The number of ether oxygens (including phenoxy) is 4. The molecule has 2 heterocycles. The van der Waals surface area contributed by atoms with Crippen LogP contribution in [0.1, 0.15) is 43.7 Å². The number of hydrogen-bond acceptors (Lipinski definition) is 6. The molecular formula is C42H40BF2N3O5. The van der Waals surface area contributed by atoms with Crippen LogP contribution in [0.4, 0.5) is 14.4 Å². The van der Waals surface area contributed by atoms with Crippen LogP contribution < -0.4 is 14.2 Å². The zero-order valence-electron chi connectivity index (χ0n) is 29.9. The van der Waals surface area contributed by atoms with Crippen LogP contribution in [0.15, 0.2) is 125 Å². The van der Waals surface area contributed by atoms with Gasteiger partial charge in [0.1, 0.15) is 23.1 Å². The van der Waals surface area contributed by atoms with E-state index in [4.69, 9.17) is 24.2 Å². The summed E-state index contributed by atoms with van der Waals surface area (Å²) < 4.78 is 53.2. The Balaban J connectivity index is 1.45. The number of methoxy groups -OCH3 is 2. The van der Waals surface area contributed by atoms with Crippen LogP contribution in [0.2, 0.25) is 0 Å². The van der Waals surface area contributed by atoms with Crippen molar-refractivity contribution in [2.45, 2.75) is 32.6 Å². The summed E-state index contributed by atoms with van der Waals surface area (Å²) >= 11 is 0. The Labute approximate surface area is 308 Å². The maximum atomic E-state index is 15.4. The van der Waals surface area contributed by atoms with Crippen LogP contribution in [0, 0.1) is 0 Å². The molecule has 1 aliphatic heterocycles. The second kappa shape index (κ2) is 17.5. The van der Waals surface area contributed by atoms with E-state index < -0.39 is 13.4 Å². The second-order valence-corrected chi connectivity index (χ2v) is 12.3. The van der Waals surface area contributed by atoms with Crippen molar-refractivity contribution in [2.75, 3.05) is 27.4 Å². The van der Waals surface area contributed by atoms with E-state index in [0.29, 0.717) is 57.5 Å². The number of nitrogens with zero attached hydrogens (tertiary/aromatic N) is 3. The summed E-state index contributed by atoms with van der Waals surface area (Å²) in [6.45, 7) is 2.53. The Kier molecular flexibility index (Phi) is 12.2. The molecule has 0 unspecified atom stereocenters. The van der Waals surface area contributed by atoms with Gasteiger partial charge in [-0.15, -0.1) is 0 Å². The van der Waals surface area contributed by atoms with Gasteiger partial charge in [-0.05, 0) is 83.8 Å². The lowest BCUT2D eigenvalue weighted by molar-refractivity contribution is -0.142. The van der Waals surface area contributed by atoms with Crippen molar-refractivity contribution in [1.29, 1.82) is 0 Å². The maximum Gasteiger partial charge on any atom is 0.679 e. The molecule has 270 valence electrons. The molecule has 1 aromatic heterocycles. The Morgan fingerprint density at radius 3 is 2.04 bits per heavy atom. The first-order valence-electron chi connectivity index (χ1n) is 17.5. The summed E-state index contributed by atoms with van der Waals surface area (Å²) in [7, 11) is -0.0600. The van der Waals surface area contributed by atoms with Crippen molar-refractivity contribution in [2.24, 2.45) is 9.98 Å². The third kappa shape index (κ3) is 8.92. The van der Waals surface area contributed by atoms with Gasteiger partial charge in [0.05, 0.1) is 26.5 Å². The van der Waals surface area contributed by atoms with Crippen molar-refractivity contribution in [3.05, 3.63) is 126 Å². The first kappa shape index (κ1) is 36.8. The summed E-state index contributed by atoms with van der Waals surface area (Å²) in [6, 6.07) is 32.8. The number of hydrogen-bond donors (Lipinski definition) is 0. The number of aliphatic imine (C=N–C) groups is 2. The molecule has 6 rings (SSSR count). The first-order valence-corrected chi connectivity index (χ1v) is 17.5. The summed E-state index contributed by atoms with van der Waals surface area (Å²) in [4.78, 5) is 21.4. The van der Waals surface area contributed by atoms with Crippen molar-refractivity contribution in [1.82, 2.24) is 4.48 Å². The van der Waals surface area contributed by atoms with Crippen LogP contribution >= 0.6 is 0 Å². The number of unbranched alkanes of at least 4 members (excludes halogenated alkanes) is 3. The van der Waals surface area contributed by atoms with Gasteiger partial charge in [-0.2, -0.15) is 0 Å². The molecule has 11 heteroatoms.